The molecule has 1 fully saturated rings. The number of aliphatic hydroxyl groups is 2. The van der Waals surface area contributed by atoms with Crippen LogP contribution in [0.25, 0.3) is 28.4 Å². The van der Waals surface area contributed by atoms with Gasteiger partial charge in [-0.25, -0.2) is 0 Å². The van der Waals surface area contributed by atoms with Crippen LogP contribution in [0.5, 0.6) is 0 Å². The van der Waals surface area contributed by atoms with Crippen molar-refractivity contribution in [2.24, 2.45) is 23.7 Å². The van der Waals surface area contributed by atoms with Crippen molar-refractivity contribution >= 4 is 46.7 Å². The Morgan fingerprint density at radius 1 is 1.04 bits per heavy atom. The van der Waals surface area contributed by atoms with Gasteiger partial charge in [0.25, 0.3) is 0 Å². The van der Waals surface area contributed by atoms with Crippen molar-refractivity contribution in [1.82, 2.24) is 9.97 Å². The first-order chi connectivity index (χ1) is 23.4. The zero-order valence-corrected chi connectivity index (χ0v) is 32.4. The fourth-order valence-electron chi connectivity index (χ4n) is 8.22. The monoisotopic (exact) mass is 690 g/mol. The van der Waals surface area contributed by atoms with E-state index in [4.69, 9.17) is 30.1 Å². The second-order valence-electron chi connectivity index (χ2n) is 14.2. The second-order valence-corrected chi connectivity index (χ2v) is 14.2. The molecule has 6 rings (SSSR count). The summed E-state index contributed by atoms with van der Waals surface area (Å²) in [6, 6.07) is -0.474. The molecule has 1 aliphatic carbocycles. The molecule has 50 heavy (non-hydrogen) atoms. The van der Waals surface area contributed by atoms with Gasteiger partial charge in [-0.15, -0.1) is 27.8 Å². The number of allylic oxidation sites excluding steroid dienone is 4. The SMILES string of the molecule is CCc1c2[n-]c(c1C)/C=C1\[N-]C(=C(C)[C@H]1CC)/C=C1\[N-]C(C3=c4[n-]/c(c(C)c4[C@@H](O)[C@@H]3C(=O)OC)=C\2)[C@@H](CCC(O)OCC=C(C)C)[C@@H]1C.[Mg+2]. The number of aliphatic hydroxyl groups excluding tert-OH is 2. The van der Waals surface area contributed by atoms with Gasteiger partial charge in [-0.1, -0.05) is 84.5 Å². The predicted octanol–water partition coefficient (Wildman–Crippen LogP) is 5.23. The number of hydrogen-bond acceptors (Lipinski definition) is 5. The van der Waals surface area contributed by atoms with Crippen LogP contribution in [0.4, 0.5) is 0 Å². The first-order valence-electron chi connectivity index (χ1n) is 17.7. The van der Waals surface area contributed by atoms with Gasteiger partial charge in [0.2, 0.25) is 0 Å². The summed E-state index contributed by atoms with van der Waals surface area (Å²) in [5.41, 5.74) is 11.3. The summed E-state index contributed by atoms with van der Waals surface area (Å²) in [5, 5.41) is 34.5. The molecule has 1 saturated heterocycles. The van der Waals surface area contributed by atoms with Gasteiger partial charge in [-0.2, -0.15) is 11.4 Å². The molecule has 0 saturated carbocycles. The predicted molar refractivity (Wildman–Crippen MR) is 197 cm³/mol. The van der Waals surface area contributed by atoms with E-state index < -0.39 is 30.3 Å². The summed E-state index contributed by atoms with van der Waals surface area (Å²) in [5.74, 6) is -1.42. The minimum atomic E-state index is -1.12. The Bertz CT molecular complexity index is 1890. The summed E-state index contributed by atoms with van der Waals surface area (Å²) >= 11 is 0. The molecular formula is C40H50MgN4O5-2. The largest absolute Gasteiger partial charge is 2.00 e. The fraction of sp³-hybridized carbons (Fsp3) is 0.525. The zero-order valence-electron chi connectivity index (χ0n) is 31.0. The smallest absolute Gasteiger partial charge is 0.681 e. The van der Waals surface area contributed by atoms with Crippen molar-refractivity contribution in [3.63, 3.8) is 0 Å². The third-order valence-electron chi connectivity index (χ3n) is 11.1. The number of fused-ring (bicyclic) bond motifs is 8. The van der Waals surface area contributed by atoms with Gasteiger partial charge in [-0.3, -0.25) is 4.79 Å². The zero-order chi connectivity index (χ0) is 35.3. The van der Waals surface area contributed by atoms with Crippen LogP contribution in [0.15, 0.2) is 40.4 Å². The number of carbonyl (C=O) groups excluding carboxylic acids is 1. The molecule has 2 aromatic rings. The molecule has 0 amide bonds. The molecule has 2 aromatic heterocycles. The van der Waals surface area contributed by atoms with Crippen molar-refractivity contribution in [2.45, 2.75) is 99.5 Å². The minimum Gasteiger partial charge on any atom is -0.681 e. The van der Waals surface area contributed by atoms with Gasteiger partial charge >= 0.3 is 29.0 Å². The number of ether oxygens (including phenoxy) is 2. The average Bonchev–Trinajstić information content (AvgIpc) is 3.80. The molecule has 0 spiro atoms. The van der Waals surface area contributed by atoms with Crippen LogP contribution in [0.3, 0.4) is 0 Å². The third-order valence-corrected chi connectivity index (χ3v) is 11.1. The first-order valence-corrected chi connectivity index (χ1v) is 17.7. The number of methoxy groups -OCH3 is 1. The van der Waals surface area contributed by atoms with Gasteiger partial charge in [0.1, 0.15) is 5.92 Å². The summed E-state index contributed by atoms with van der Waals surface area (Å²) in [6.07, 6.45) is 8.82. The van der Waals surface area contributed by atoms with E-state index in [1.54, 1.807) is 0 Å². The van der Waals surface area contributed by atoms with E-state index in [0.717, 1.165) is 68.9 Å². The average molecular weight is 691 g/mol. The molecule has 2 unspecified atom stereocenters. The van der Waals surface area contributed by atoms with Crippen LogP contribution in [0.2, 0.25) is 0 Å². The number of aromatic nitrogens is 2. The number of esters is 1. The number of rotatable bonds is 9. The summed E-state index contributed by atoms with van der Waals surface area (Å²) in [7, 11) is 1.35. The molecule has 2 N–H and O–H groups in total. The van der Waals surface area contributed by atoms with Crippen molar-refractivity contribution in [3.8, 4) is 0 Å². The molecule has 8 bridgehead atoms. The maximum absolute atomic E-state index is 13.5. The normalized spacial score (nSPS) is 28.4. The van der Waals surface area contributed by atoms with E-state index in [9.17, 15) is 15.0 Å². The number of nitrogens with zero attached hydrogens (tertiary/aromatic N) is 4. The molecule has 4 aliphatic rings. The summed E-state index contributed by atoms with van der Waals surface area (Å²) in [4.78, 5) is 23.7. The standard InChI is InChI=1S/C40H50N4O5.Mg/c1-10-24-20(5)27-16-29-22(7)26(12-13-33(45)49-15-14-19(3)4)37(43-29)35-36(40(47)48-9)39(46)34-23(8)30(44-38(34)35)18-32-25(11-2)21(6)28(42-32)17-31(24)41-27;/h14,16-18,22,24,26,33,36-37,39,45-46H,10-13,15H2,1-9H3;/q-4;+2/b29-16-,30-18-,31-17-;/t22-,24+,26-,33?,36+,37?,39+;/m0./s1. The van der Waals surface area contributed by atoms with Gasteiger partial charge < -0.3 is 40.3 Å². The Hall–Kier alpha value is -3.02. The Labute approximate surface area is 312 Å². The van der Waals surface area contributed by atoms with Crippen LogP contribution in [0.1, 0.15) is 101 Å². The summed E-state index contributed by atoms with van der Waals surface area (Å²) < 4.78 is 11.0. The number of carbonyl (C=O) groups is 1. The Balaban J connectivity index is 0.00000486. The minimum absolute atomic E-state index is 0. The van der Waals surface area contributed by atoms with E-state index in [1.807, 2.05) is 32.9 Å². The van der Waals surface area contributed by atoms with Gasteiger partial charge in [0.15, 0.2) is 6.29 Å². The van der Waals surface area contributed by atoms with Crippen LogP contribution in [-0.2, 0) is 20.7 Å². The molecule has 10 heteroatoms. The maximum atomic E-state index is 13.5. The van der Waals surface area contributed by atoms with E-state index >= 15 is 0 Å². The van der Waals surface area contributed by atoms with Gasteiger partial charge in [0.05, 0.1) is 19.8 Å². The Kier molecular flexibility index (Phi) is 11.7. The van der Waals surface area contributed by atoms with Crippen molar-refractivity contribution in [3.05, 3.63) is 95.4 Å². The van der Waals surface area contributed by atoms with Crippen LogP contribution in [0, 0.1) is 37.5 Å². The quantitative estimate of drug-likeness (QED) is 0.159. The van der Waals surface area contributed by atoms with Gasteiger partial charge in [-0.05, 0) is 83.6 Å². The molecule has 0 radical (unpaired) electrons. The molecule has 5 heterocycles. The molecule has 7 atom stereocenters. The molecule has 264 valence electrons. The van der Waals surface area contributed by atoms with Crippen LogP contribution < -0.4 is 20.7 Å². The van der Waals surface area contributed by atoms with Crippen LogP contribution in [-0.4, -0.2) is 65.3 Å². The number of hydrogen-bond donors (Lipinski definition) is 2. The van der Waals surface area contributed by atoms with E-state index in [1.165, 1.54) is 12.7 Å². The topological polar surface area (TPSA) is 132 Å². The second kappa shape index (κ2) is 15.3. The molecule has 9 nitrogen and oxygen atoms in total. The van der Waals surface area contributed by atoms with E-state index in [-0.39, 0.29) is 40.8 Å². The van der Waals surface area contributed by atoms with E-state index in [2.05, 4.69) is 46.8 Å². The molecule has 3 aliphatic heterocycles. The Morgan fingerprint density at radius 2 is 1.78 bits per heavy atom. The first kappa shape index (κ1) is 38.2. The van der Waals surface area contributed by atoms with Crippen molar-refractivity contribution < 1.29 is 24.5 Å². The van der Waals surface area contributed by atoms with E-state index in [0.29, 0.717) is 35.9 Å². The molecular weight excluding hydrogens is 641 g/mol. The maximum Gasteiger partial charge on any atom is 2.00 e. The van der Waals surface area contributed by atoms with Crippen molar-refractivity contribution in [2.75, 3.05) is 13.7 Å². The van der Waals surface area contributed by atoms with Crippen LogP contribution >= 0.6 is 0 Å². The van der Waals surface area contributed by atoms with Crippen molar-refractivity contribution in [1.29, 1.82) is 0 Å². The Morgan fingerprint density at radius 3 is 2.44 bits per heavy atom. The molecule has 0 aromatic carbocycles. The third kappa shape index (κ3) is 6.70. The fourth-order valence-corrected chi connectivity index (χ4v) is 8.22. The summed E-state index contributed by atoms with van der Waals surface area (Å²) in [6.45, 7) is 17.0. The van der Waals surface area contributed by atoms with Gasteiger partial charge in [0, 0.05) is 0 Å².